The van der Waals surface area contributed by atoms with Crippen LogP contribution in [-0.4, -0.2) is 33.0 Å². The average Bonchev–Trinajstić information content (AvgIpc) is 3.07. The van der Waals surface area contributed by atoms with Gasteiger partial charge in [-0.05, 0) is 48.9 Å². The smallest absolute Gasteiger partial charge is 0.233 e. The minimum Gasteiger partial charge on any atom is -0.497 e. The van der Waals surface area contributed by atoms with E-state index in [0.717, 1.165) is 16.9 Å². The lowest BCUT2D eigenvalue weighted by Gasteiger charge is -2.12. The highest BCUT2D eigenvalue weighted by atomic mass is 32.2. The molecule has 2 aromatic carbocycles. The second kappa shape index (κ2) is 8.88. The van der Waals surface area contributed by atoms with Gasteiger partial charge >= 0.3 is 0 Å². The molecule has 3 aromatic rings. The van der Waals surface area contributed by atoms with Gasteiger partial charge in [-0.3, -0.25) is 4.79 Å². The molecule has 146 valence electrons. The van der Waals surface area contributed by atoms with Gasteiger partial charge in [-0.2, -0.15) is 0 Å². The van der Waals surface area contributed by atoms with Crippen LogP contribution in [0.4, 0.5) is 4.39 Å². The number of halogens is 1. The third-order valence-corrected chi connectivity index (χ3v) is 5.35. The van der Waals surface area contributed by atoms with Crippen LogP contribution in [0.5, 0.6) is 5.75 Å². The average molecular weight is 400 g/mol. The van der Waals surface area contributed by atoms with Crippen molar-refractivity contribution < 1.29 is 13.9 Å². The normalized spacial score (nSPS) is 11.9. The number of ether oxygens (including phenoxy) is 1. The molecular weight excluding hydrogens is 379 g/mol. The Morgan fingerprint density at radius 2 is 1.86 bits per heavy atom. The van der Waals surface area contributed by atoms with Crippen molar-refractivity contribution in [2.75, 3.05) is 7.11 Å². The van der Waals surface area contributed by atoms with Crippen molar-refractivity contribution in [3.05, 3.63) is 59.9 Å². The molecule has 0 aliphatic carbocycles. The van der Waals surface area contributed by atoms with Crippen molar-refractivity contribution in [3.8, 4) is 17.1 Å². The maximum atomic E-state index is 13.1. The number of amides is 1. The Kier molecular flexibility index (Phi) is 6.30. The van der Waals surface area contributed by atoms with Crippen LogP contribution in [0.15, 0.2) is 53.7 Å². The van der Waals surface area contributed by atoms with Crippen LogP contribution < -0.4 is 10.1 Å². The summed E-state index contributed by atoms with van der Waals surface area (Å²) < 4.78 is 20.0. The van der Waals surface area contributed by atoms with Gasteiger partial charge < -0.3 is 14.6 Å². The van der Waals surface area contributed by atoms with Gasteiger partial charge in [0.25, 0.3) is 0 Å². The number of thioether (sulfide) groups is 1. The highest BCUT2D eigenvalue weighted by Crippen LogP contribution is 2.26. The van der Waals surface area contributed by atoms with E-state index < -0.39 is 0 Å². The van der Waals surface area contributed by atoms with Gasteiger partial charge in [-0.1, -0.05) is 23.9 Å². The molecule has 0 aliphatic heterocycles. The van der Waals surface area contributed by atoms with Gasteiger partial charge in [-0.25, -0.2) is 4.39 Å². The second-order valence-electron chi connectivity index (χ2n) is 6.20. The summed E-state index contributed by atoms with van der Waals surface area (Å²) in [5, 5.41) is 11.5. The van der Waals surface area contributed by atoms with Gasteiger partial charge in [0.15, 0.2) is 11.0 Å². The highest BCUT2D eigenvalue weighted by Gasteiger charge is 2.19. The Hall–Kier alpha value is -2.87. The molecule has 6 nitrogen and oxygen atoms in total. The van der Waals surface area contributed by atoms with Crippen LogP contribution in [-0.2, 0) is 18.4 Å². The number of methoxy groups -OCH3 is 1. The zero-order valence-corrected chi connectivity index (χ0v) is 16.7. The molecule has 0 spiro atoms. The predicted octanol–water partition coefficient (Wildman–Crippen LogP) is 3.43. The first-order valence-electron chi connectivity index (χ1n) is 8.70. The fourth-order valence-electron chi connectivity index (χ4n) is 2.56. The zero-order valence-electron chi connectivity index (χ0n) is 15.8. The summed E-state index contributed by atoms with van der Waals surface area (Å²) in [5.74, 6) is 1.00. The minimum atomic E-state index is -0.345. The Balaban J connectivity index is 1.60. The molecule has 8 heteroatoms. The van der Waals surface area contributed by atoms with E-state index in [1.165, 1.54) is 23.9 Å². The molecule has 0 saturated heterocycles. The topological polar surface area (TPSA) is 69.0 Å². The Morgan fingerprint density at radius 3 is 2.50 bits per heavy atom. The van der Waals surface area contributed by atoms with E-state index in [4.69, 9.17) is 4.74 Å². The molecular formula is C20H21FN4O2S. The molecule has 0 saturated carbocycles. The molecule has 0 bridgehead atoms. The summed E-state index contributed by atoms with van der Waals surface area (Å²) >= 11 is 1.32. The number of hydrogen-bond acceptors (Lipinski definition) is 5. The number of rotatable bonds is 7. The van der Waals surface area contributed by atoms with E-state index >= 15 is 0 Å². The van der Waals surface area contributed by atoms with Gasteiger partial charge in [-0.15, -0.1) is 10.2 Å². The first-order chi connectivity index (χ1) is 13.5. The summed E-state index contributed by atoms with van der Waals surface area (Å²) in [7, 11) is 3.44. The van der Waals surface area contributed by atoms with Crippen LogP contribution in [0.25, 0.3) is 11.4 Å². The van der Waals surface area contributed by atoms with Crippen molar-refractivity contribution >= 4 is 17.7 Å². The lowest BCUT2D eigenvalue weighted by atomic mass is 10.2. The van der Waals surface area contributed by atoms with Crippen LogP contribution in [0.2, 0.25) is 0 Å². The molecule has 1 unspecified atom stereocenters. The molecule has 1 N–H and O–H groups in total. The van der Waals surface area contributed by atoms with E-state index in [9.17, 15) is 9.18 Å². The van der Waals surface area contributed by atoms with Crippen molar-refractivity contribution in [3.63, 3.8) is 0 Å². The number of carbonyl (C=O) groups is 1. The van der Waals surface area contributed by atoms with Gasteiger partial charge in [0.1, 0.15) is 11.6 Å². The Morgan fingerprint density at radius 1 is 1.18 bits per heavy atom. The molecule has 0 aliphatic rings. The zero-order chi connectivity index (χ0) is 20.1. The Labute approximate surface area is 167 Å². The van der Waals surface area contributed by atoms with Crippen LogP contribution in [0, 0.1) is 5.82 Å². The van der Waals surface area contributed by atoms with E-state index in [-0.39, 0.29) is 17.0 Å². The summed E-state index contributed by atoms with van der Waals surface area (Å²) in [5.41, 5.74) is 1.75. The number of hydrogen-bond donors (Lipinski definition) is 1. The summed E-state index contributed by atoms with van der Waals surface area (Å²) in [6.45, 7) is 2.26. The van der Waals surface area contributed by atoms with Crippen molar-refractivity contribution in [1.29, 1.82) is 0 Å². The molecule has 1 heterocycles. The summed E-state index contributed by atoms with van der Waals surface area (Å²) in [6, 6.07) is 13.6. The van der Waals surface area contributed by atoms with Gasteiger partial charge in [0.05, 0.1) is 12.4 Å². The fraction of sp³-hybridized carbons (Fsp3) is 0.250. The summed E-state index contributed by atoms with van der Waals surface area (Å²) in [4.78, 5) is 12.4. The SMILES string of the molecule is COc1ccc(CNC(=O)C(C)Sc2nnc(-c3ccc(F)cc3)n2C)cc1. The van der Waals surface area contributed by atoms with E-state index in [1.54, 1.807) is 23.8 Å². The molecule has 0 fully saturated rings. The van der Waals surface area contributed by atoms with Gasteiger partial charge in [0.2, 0.25) is 5.91 Å². The minimum absolute atomic E-state index is 0.0906. The van der Waals surface area contributed by atoms with Crippen molar-refractivity contribution in [2.24, 2.45) is 7.05 Å². The quantitative estimate of drug-likeness (QED) is 0.616. The molecule has 3 rings (SSSR count). The number of nitrogens with zero attached hydrogens (tertiary/aromatic N) is 3. The third kappa shape index (κ3) is 4.69. The standard InChI is InChI=1S/C20H21FN4O2S/c1-13(19(26)22-12-14-4-10-17(27-3)11-5-14)28-20-24-23-18(25(20)2)15-6-8-16(21)9-7-15/h4-11,13H,12H2,1-3H3,(H,22,26). The molecule has 1 atom stereocenters. The molecule has 28 heavy (non-hydrogen) atoms. The van der Waals surface area contributed by atoms with E-state index in [0.29, 0.717) is 17.5 Å². The number of benzene rings is 2. The van der Waals surface area contributed by atoms with Crippen molar-refractivity contribution in [1.82, 2.24) is 20.1 Å². The monoisotopic (exact) mass is 400 g/mol. The lowest BCUT2D eigenvalue weighted by Crippen LogP contribution is -2.30. The van der Waals surface area contributed by atoms with E-state index in [1.807, 2.05) is 38.2 Å². The van der Waals surface area contributed by atoms with Crippen LogP contribution in [0.1, 0.15) is 12.5 Å². The fourth-order valence-corrected chi connectivity index (χ4v) is 3.39. The third-order valence-electron chi connectivity index (χ3n) is 4.21. The highest BCUT2D eigenvalue weighted by molar-refractivity contribution is 8.00. The van der Waals surface area contributed by atoms with Crippen LogP contribution >= 0.6 is 11.8 Å². The van der Waals surface area contributed by atoms with E-state index in [2.05, 4.69) is 15.5 Å². The molecule has 0 radical (unpaired) electrons. The summed E-state index contributed by atoms with van der Waals surface area (Å²) in [6.07, 6.45) is 0. The maximum absolute atomic E-state index is 13.1. The van der Waals surface area contributed by atoms with Crippen molar-refractivity contribution in [2.45, 2.75) is 23.9 Å². The number of nitrogens with one attached hydrogen (secondary N) is 1. The first kappa shape index (κ1) is 19.9. The molecule has 1 amide bonds. The molecule has 1 aromatic heterocycles. The lowest BCUT2D eigenvalue weighted by molar-refractivity contribution is -0.120. The predicted molar refractivity (Wildman–Crippen MR) is 107 cm³/mol. The maximum Gasteiger partial charge on any atom is 0.233 e. The first-order valence-corrected chi connectivity index (χ1v) is 9.58. The Bertz CT molecular complexity index is 942. The number of carbonyl (C=O) groups excluding carboxylic acids is 1. The second-order valence-corrected chi connectivity index (χ2v) is 7.51. The van der Waals surface area contributed by atoms with Gasteiger partial charge in [0, 0.05) is 19.2 Å². The van der Waals surface area contributed by atoms with Crippen LogP contribution in [0.3, 0.4) is 0 Å². The largest absolute Gasteiger partial charge is 0.497 e. The number of aromatic nitrogens is 3.